The molecule has 0 aromatic rings. The van der Waals surface area contributed by atoms with Gasteiger partial charge in [0.05, 0.1) is 6.61 Å². The molecule has 0 aliphatic carbocycles. The first kappa shape index (κ1) is 19.5. The van der Waals surface area contributed by atoms with Crippen molar-refractivity contribution in [2.45, 2.75) is 25.8 Å². The molecule has 0 spiro atoms. The minimum Gasteiger partial charge on any atom is -0.480 e. The maximum absolute atomic E-state index is 11.5. The Bertz CT molecular complexity index is 339. The average molecular weight is 469 g/mol. The predicted molar refractivity (Wildman–Crippen MR) is 67.4 cm³/mol. The van der Waals surface area contributed by atoms with E-state index in [0.29, 0.717) is 13.0 Å². The zero-order valence-corrected chi connectivity index (χ0v) is 13.6. The predicted octanol–water partition coefficient (Wildman–Crippen LogP) is -0.512. The molecule has 7 nitrogen and oxygen atoms in total. The van der Waals surface area contributed by atoms with Crippen molar-refractivity contribution in [2.75, 3.05) is 19.8 Å². The Hall–Kier alpha value is -0.492. The Morgan fingerprint density at radius 1 is 1.40 bits per heavy atom. The fourth-order valence-corrected chi connectivity index (χ4v) is 2.61. The molecule has 6 N–H and O–H groups in total. The van der Waals surface area contributed by atoms with Gasteiger partial charge in [0.2, 0.25) is 0 Å². The largest absolute Gasteiger partial charge is 0.480 e. The van der Waals surface area contributed by atoms with Crippen LogP contribution >= 0.6 is 0 Å². The molecule has 3 unspecified atom stereocenters. The zero-order chi connectivity index (χ0) is 14.6. The van der Waals surface area contributed by atoms with Crippen molar-refractivity contribution >= 4 is 11.9 Å². The van der Waals surface area contributed by atoms with E-state index in [1.165, 1.54) is 0 Å². The summed E-state index contributed by atoms with van der Waals surface area (Å²) in [6.07, 6.45) is 0.417. The summed E-state index contributed by atoms with van der Waals surface area (Å²) in [5, 5.41) is 18.7. The van der Waals surface area contributed by atoms with Crippen molar-refractivity contribution in [2.24, 2.45) is 28.7 Å². The van der Waals surface area contributed by atoms with Gasteiger partial charge in [-0.3, -0.25) is 9.59 Å². The topological polar surface area (TPSA) is 136 Å². The Labute approximate surface area is 132 Å². The number of hydrogen-bond acceptors (Lipinski definition) is 5. The van der Waals surface area contributed by atoms with E-state index in [-0.39, 0.29) is 46.6 Å². The van der Waals surface area contributed by atoms with Gasteiger partial charge in [-0.2, -0.15) is 0 Å². The van der Waals surface area contributed by atoms with Crippen LogP contribution in [0.3, 0.4) is 0 Å². The number of aliphatic carboxylic acids is 2. The number of carboxylic acid groups (broad SMARTS) is 2. The van der Waals surface area contributed by atoms with E-state index in [2.05, 4.69) is 0 Å². The first-order valence-corrected chi connectivity index (χ1v) is 6.36. The average Bonchev–Trinajstić information content (AvgIpc) is 2.37. The number of rotatable bonds is 6. The van der Waals surface area contributed by atoms with Crippen LogP contribution in [0.4, 0.5) is 0 Å². The van der Waals surface area contributed by atoms with E-state index < -0.39 is 29.3 Å². The van der Waals surface area contributed by atoms with Crippen LogP contribution in [0.1, 0.15) is 19.8 Å². The van der Waals surface area contributed by atoms with Gasteiger partial charge in [0.15, 0.2) is 5.41 Å². The number of nitrogens with two attached hydrogens (primary N) is 2. The molecule has 3 atom stereocenters. The van der Waals surface area contributed by atoms with Crippen LogP contribution in [0.2, 0.25) is 0 Å². The van der Waals surface area contributed by atoms with Crippen molar-refractivity contribution in [3.63, 3.8) is 0 Å². The van der Waals surface area contributed by atoms with E-state index in [0.717, 1.165) is 0 Å². The third kappa shape index (κ3) is 3.78. The minimum absolute atomic E-state index is 0. The maximum atomic E-state index is 11.5. The standard InChI is InChI=1S/C12H22N2O5.Pt/c1-7(5-13)4-9(14)8-6-19-3-2-12(8,10(15)16)11(17)18;/h7-9H,2-6,13-14H2,1H3,(H,15,16)(H,17,18);. The van der Waals surface area contributed by atoms with E-state index >= 15 is 0 Å². The fourth-order valence-electron chi connectivity index (χ4n) is 2.61. The van der Waals surface area contributed by atoms with Gasteiger partial charge in [0.1, 0.15) is 0 Å². The maximum Gasteiger partial charge on any atom is 0.321 e. The summed E-state index contributed by atoms with van der Waals surface area (Å²) in [5.74, 6) is -3.32. The third-order valence-corrected chi connectivity index (χ3v) is 3.93. The van der Waals surface area contributed by atoms with E-state index in [9.17, 15) is 19.8 Å². The molecule has 0 amide bonds. The molecule has 1 heterocycles. The smallest absolute Gasteiger partial charge is 0.321 e. The van der Waals surface area contributed by atoms with Crippen molar-refractivity contribution in [1.29, 1.82) is 0 Å². The van der Waals surface area contributed by atoms with Gasteiger partial charge in [-0.1, -0.05) is 6.92 Å². The molecule has 120 valence electrons. The number of ether oxygens (including phenoxy) is 1. The van der Waals surface area contributed by atoms with Crippen LogP contribution in [-0.2, 0) is 35.4 Å². The second kappa shape index (κ2) is 8.07. The summed E-state index contributed by atoms with van der Waals surface area (Å²) in [4.78, 5) is 22.9. The molecule has 0 radical (unpaired) electrons. The molecule has 1 fully saturated rings. The number of carboxylic acids is 2. The van der Waals surface area contributed by atoms with E-state index in [4.69, 9.17) is 16.2 Å². The summed E-state index contributed by atoms with van der Waals surface area (Å²) in [7, 11) is 0. The monoisotopic (exact) mass is 469 g/mol. The fraction of sp³-hybridized carbons (Fsp3) is 0.833. The summed E-state index contributed by atoms with van der Waals surface area (Å²) < 4.78 is 5.24. The Balaban J connectivity index is 0.00000361. The van der Waals surface area contributed by atoms with Crippen molar-refractivity contribution in [3.05, 3.63) is 0 Å². The molecule has 1 aliphatic rings. The van der Waals surface area contributed by atoms with Gasteiger partial charge in [0.25, 0.3) is 0 Å². The molecule has 20 heavy (non-hydrogen) atoms. The molecular formula is C12H22N2O5Pt. The quantitative estimate of drug-likeness (QED) is 0.385. The summed E-state index contributed by atoms with van der Waals surface area (Å²) >= 11 is 0. The molecule has 0 saturated carbocycles. The van der Waals surface area contributed by atoms with Crippen LogP contribution in [-0.4, -0.2) is 48.0 Å². The van der Waals surface area contributed by atoms with Crippen LogP contribution in [0.15, 0.2) is 0 Å². The number of carbonyl (C=O) groups is 2. The molecule has 0 aromatic heterocycles. The normalized spacial score (nSPS) is 24.2. The zero-order valence-electron chi connectivity index (χ0n) is 11.4. The first-order valence-electron chi connectivity index (χ1n) is 6.36. The SMILES string of the molecule is CC(CN)CC(N)C1COCCC1(C(=O)O)C(=O)O.[Pt]. The van der Waals surface area contributed by atoms with Gasteiger partial charge in [-0.05, 0) is 25.3 Å². The van der Waals surface area contributed by atoms with Gasteiger partial charge >= 0.3 is 11.9 Å². The van der Waals surface area contributed by atoms with Gasteiger partial charge in [0, 0.05) is 39.6 Å². The van der Waals surface area contributed by atoms with Crippen LogP contribution in [0.25, 0.3) is 0 Å². The van der Waals surface area contributed by atoms with E-state index in [1.54, 1.807) is 0 Å². The Kier molecular flexibility index (Phi) is 7.88. The van der Waals surface area contributed by atoms with Gasteiger partial charge in [-0.15, -0.1) is 0 Å². The van der Waals surface area contributed by atoms with Crippen LogP contribution < -0.4 is 11.5 Å². The van der Waals surface area contributed by atoms with Gasteiger partial charge in [-0.25, -0.2) is 0 Å². The minimum atomic E-state index is -1.86. The second-order valence-corrected chi connectivity index (χ2v) is 5.25. The van der Waals surface area contributed by atoms with Crippen LogP contribution in [0, 0.1) is 17.3 Å². The molecule has 1 aliphatic heterocycles. The summed E-state index contributed by atoms with van der Waals surface area (Å²) in [6, 6.07) is -0.564. The Morgan fingerprint density at radius 3 is 2.40 bits per heavy atom. The molecule has 1 rings (SSSR count). The van der Waals surface area contributed by atoms with Crippen molar-refractivity contribution < 1.29 is 45.6 Å². The molecule has 1 saturated heterocycles. The summed E-state index contributed by atoms with van der Waals surface area (Å²) in [5.41, 5.74) is 9.68. The molecule has 0 bridgehead atoms. The van der Waals surface area contributed by atoms with Crippen molar-refractivity contribution in [3.8, 4) is 0 Å². The summed E-state index contributed by atoms with van der Waals surface area (Å²) in [6.45, 7) is 2.49. The third-order valence-electron chi connectivity index (χ3n) is 3.93. The van der Waals surface area contributed by atoms with Gasteiger partial charge < -0.3 is 26.4 Å². The van der Waals surface area contributed by atoms with Crippen molar-refractivity contribution in [1.82, 2.24) is 0 Å². The first-order chi connectivity index (χ1) is 8.86. The molecule has 0 aromatic carbocycles. The second-order valence-electron chi connectivity index (χ2n) is 5.25. The number of hydrogen-bond donors (Lipinski definition) is 4. The molecule has 8 heteroatoms. The molecular weight excluding hydrogens is 447 g/mol. The van der Waals surface area contributed by atoms with E-state index in [1.807, 2.05) is 6.92 Å². The van der Waals surface area contributed by atoms with Crippen LogP contribution in [0.5, 0.6) is 0 Å². The Morgan fingerprint density at radius 2 is 1.95 bits per heavy atom.